The summed E-state index contributed by atoms with van der Waals surface area (Å²) in [5, 5.41) is 0. The minimum absolute atomic E-state index is 0.220. The van der Waals surface area contributed by atoms with Crippen LogP contribution in [0.1, 0.15) is 29.9 Å². The van der Waals surface area contributed by atoms with Gasteiger partial charge in [0.05, 0.1) is 0 Å². The lowest BCUT2D eigenvalue weighted by Crippen LogP contribution is -2.31. The van der Waals surface area contributed by atoms with Crippen LogP contribution >= 0.6 is 0 Å². The summed E-state index contributed by atoms with van der Waals surface area (Å²) in [5.74, 6) is 1.53. The molecule has 1 saturated heterocycles. The molecule has 2 fully saturated rings. The normalized spacial score (nSPS) is 29.6. The topological polar surface area (TPSA) is 46.3 Å². The van der Waals surface area contributed by atoms with Crippen molar-refractivity contribution in [2.45, 2.75) is 25.7 Å². The van der Waals surface area contributed by atoms with Gasteiger partial charge in [0, 0.05) is 19.0 Å². The summed E-state index contributed by atoms with van der Waals surface area (Å²) in [7, 11) is 0. The van der Waals surface area contributed by atoms with Gasteiger partial charge >= 0.3 is 0 Å². The number of aryl methyl sites for hydroxylation is 1. The summed E-state index contributed by atoms with van der Waals surface area (Å²) >= 11 is 0. The highest BCUT2D eigenvalue weighted by atomic mass is 16.2. The summed E-state index contributed by atoms with van der Waals surface area (Å²) in [6, 6.07) is 8.43. The fraction of sp³-hybridized carbons (Fsp3) is 0.562. The molecule has 3 heteroatoms. The van der Waals surface area contributed by atoms with E-state index in [1.165, 1.54) is 11.1 Å². The van der Waals surface area contributed by atoms with Gasteiger partial charge in [-0.15, -0.1) is 0 Å². The Morgan fingerprint density at radius 3 is 2.89 bits per heavy atom. The van der Waals surface area contributed by atoms with Crippen LogP contribution in [-0.4, -0.2) is 30.4 Å². The van der Waals surface area contributed by atoms with Gasteiger partial charge in [-0.25, -0.2) is 0 Å². The number of carbonyl (C=O) groups is 1. The maximum absolute atomic E-state index is 12.4. The molecule has 1 aliphatic carbocycles. The summed E-state index contributed by atoms with van der Waals surface area (Å²) in [6.45, 7) is 4.61. The van der Waals surface area contributed by atoms with Gasteiger partial charge in [-0.3, -0.25) is 4.79 Å². The van der Waals surface area contributed by atoms with Crippen LogP contribution in [0.25, 0.3) is 0 Å². The van der Waals surface area contributed by atoms with Crippen molar-refractivity contribution in [3.63, 3.8) is 0 Å². The Labute approximate surface area is 114 Å². The molecular weight excluding hydrogens is 236 g/mol. The largest absolute Gasteiger partial charge is 0.342 e. The highest BCUT2D eigenvalue weighted by molar-refractivity contribution is 5.83. The van der Waals surface area contributed by atoms with E-state index in [0.29, 0.717) is 24.3 Å². The molecule has 3 rings (SSSR count). The third-order valence-corrected chi connectivity index (χ3v) is 4.63. The zero-order chi connectivity index (χ0) is 13.4. The van der Waals surface area contributed by atoms with Crippen LogP contribution in [-0.2, 0) is 4.79 Å². The lowest BCUT2D eigenvalue weighted by atomic mass is 10.0. The van der Waals surface area contributed by atoms with Gasteiger partial charge in [0.15, 0.2) is 0 Å². The summed E-state index contributed by atoms with van der Waals surface area (Å²) < 4.78 is 0. The molecule has 0 radical (unpaired) electrons. The van der Waals surface area contributed by atoms with Gasteiger partial charge in [-0.1, -0.05) is 24.3 Å². The SMILES string of the molecule is Cc1ccccc1[C@@H]1C[C@H]1C(=O)N1CC[C@@H](CN)C1. The minimum atomic E-state index is 0.220. The average Bonchev–Trinajstić information content (AvgIpc) is 3.07. The van der Waals surface area contributed by atoms with Crippen molar-refractivity contribution in [2.24, 2.45) is 17.6 Å². The third-order valence-electron chi connectivity index (χ3n) is 4.63. The molecule has 102 valence electrons. The second-order valence-corrected chi connectivity index (χ2v) is 5.98. The Hall–Kier alpha value is -1.35. The van der Waals surface area contributed by atoms with Gasteiger partial charge in [-0.05, 0) is 49.3 Å². The predicted octanol–water partition coefficient (Wildman–Crippen LogP) is 1.91. The molecule has 1 saturated carbocycles. The number of hydrogen-bond acceptors (Lipinski definition) is 2. The number of rotatable bonds is 3. The number of nitrogens with zero attached hydrogens (tertiary/aromatic N) is 1. The summed E-state index contributed by atoms with van der Waals surface area (Å²) in [4.78, 5) is 14.5. The fourth-order valence-corrected chi connectivity index (χ4v) is 3.27. The van der Waals surface area contributed by atoms with Crippen molar-refractivity contribution in [3.05, 3.63) is 35.4 Å². The van der Waals surface area contributed by atoms with Crippen LogP contribution in [0.5, 0.6) is 0 Å². The molecule has 1 amide bonds. The summed E-state index contributed by atoms with van der Waals surface area (Å²) in [6.07, 6.45) is 2.09. The molecule has 19 heavy (non-hydrogen) atoms. The number of carbonyl (C=O) groups excluding carboxylic acids is 1. The van der Waals surface area contributed by atoms with Crippen LogP contribution < -0.4 is 5.73 Å². The zero-order valence-electron chi connectivity index (χ0n) is 11.5. The Morgan fingerprint density at radius 2 is 2.21 bits per heavy atom. The van der Waals surface area contributed by atoms with Crippen molar-refractivity contribution < 1.29 is 4.79 Å². The van der Waals surface area contributed by atoms with E-state index in [2.05, 4.69) is 31.2 Å². The maximum Gasteiger partial charge on any atom is 0.226 e. The standard InChI is InChI=1S/C16H22N2O/c1-11-4-2-3-5-13(11)14-8-15(14)16(19)18-7-6-12(9-17)10-18/h2-5,12,14-15H,6-10,17H2,1H3/t12-,14-,15+/m0/s1. The first-order chi connectivity index (χ1) is 9.20. The van der Waals surface area contributed by atoms with E-state index < -0.39 is 0 Å². The third kappa shape index (κ3) is 2.39. The maximum atomic E-state index is 12.4. The first-order valence-corrected chi connectivity index (χ1v) is 7.25. The molecule has 0 bridgehead atoms. The van der Waals surface area contributed by atoms with Crippen molar-refractivity contribution in [2.75, 3.05) is 19.6 Å². The predicted molar refractivity (Wildman–Crippen MR) is 75.8 cm³/mol. The summed E-state index contributed by atoms with van der Waals surface area (Å²) in [5.41, 5.74) is 8.35. The van der Waals surface area contributed by atoms with E-state index in [9.17, 15) is 4.79 Å². The number of nitrogens with two attached hydrogens (primary N) is 1. The first-order valence-electron chi connectivity index (χ1n) is 7.25. The molecule has 0 unspecified atom stereocenters. The van der Waals surface area contributed by atoms with Crippen LogP contribution in [0.4, 0.5) is 0 Å². The molecule has 3 nitrogen and oxygen atoms in total. The van der Waals surface area contributed by atoms with E-state index in [1.807, 2.05) is 4.90 Å². The lowest BCUT2D eigenvalue weighted by molar-refractivity contribution is -0.131. The molecule has 0 aromatic heterocycles. The van der Waals surface area contributed by atoms with Gasteiger partial charge in [0.2, 0.25) is 5.91 Å². The monoisotopic (exact) mass is 258 g/mol. The number of hydrogen-bond donors (Lipinski definition) is 1. The van der Waals surface area contributed by atoms with E-state index in [4.69, 9.17) is 5.73 Å². The van der Waals surface area contributed by atoms with Crippen LogP contribution in [0.2, 0.25) is 0 Å². The smallest absolute Gasteiger partial charge is 0.226 e. The van der Waals surface area contributed by atoms with E-state index in [1.54, 1.807) is 0 Å². The quantitative estimate of drug-likeness (QED) is 0.900. The van der Waals surface area contributed by atoms with Gasteiger partial charge in [0.25, 0.3) is 0 Å². The second-order valence-electron chi connectivity index (χ2n) is 5.98. The van der Waals surface area contributed by atoms with Crippen LogP contribution in [0.15, 0.2) is 24.3 Å². The van der Waals surface area contributed by atoms with Crippen molar-refractivity contribution in [3.8, 4) is 0 Å². The second kappa shape index (κ2) is 4.97. The van der Waals surface area contributed by atoms with Crippen molar-refractivity contribution >= 4 is 5.91 Å². The molecule has 1 heterocycles. The van der Waals surface area contributed by atoms with Crippen LogP contribution in [0.3, 0.4) is 0 Å². The Bertz CT molecular complexity index is 485. The van der Waals surface area contributed by atoms with Gasteiger partial charge in [0.1, 0.15) is 0 Å². The Balaban J connectivity index is 1.64. The average molecular weight is 258 g/mol. The van der Waals surface area contributed by atoms with Crippen LogP contribution in [0, 0.1) is 18.8 Å². The van der Waals surface area contributed by atoms with Crippen molar-refractivity contribution in [1.82, 2.24) is 4.90 Å². The van der Waals surface area contributed by atoms with Crippen molar-refractivity contribution in [1.29, 1.82) is 0 Å². The number of benzene rings is 1. The molecule has 2 aliphatic rings. The molecule has 1 aromatic rings. The van der Waals surface area contributed by atoms with Gasteiger partial charge < -0.3 is 10.6 Å². The highest BCUT2D eigenvalue weighted by Gasteiger charge is 2.47. The number of likely N-dealkylation sites (tertiary alicyclic amines) is 1. The Morgan fingerprint density at radius 1 is 1.42 bits per heavy atom. The molecule has 2 N–H and O–H groups in total. The molecule has 0 spiro atoms. The highest BCUT2D eigenvalue weighted by Crippen LogP contribution is 2.49. The lowest BCUT2D eigenvalue weighted by Gasteiger charge is -2.16. The van der Waals surface area contributed by atoms with Gasteiger partial charge in [-0.2, -0.15) is 0 Å². The zero-order valence-corrected chi connectivity index (χ0v) is 11.5. The fourth-order valence-electron chi connectivity index (χ4n) is 3.27. The molecule has 1 aromatic carbocycles. The van der Waals surface area contributed by atoms with E-state index in [0.717, 1.165) is 25.9 Å². The molecular formula is C16H22N2O. The Kier molecular flexibility index (Phi) is 3.31. The van der Waals surface area contributed by atoms with E-state index >= 15 is 0 Å². The molecule has 3 atom stereocenters. The number of amides is 1. The van der Waals surface area contributed by atoms with E-state index in [-0.39, 0.29) is 5.92 Å². The molecule has 1 aliphatic heterocycles. The minimum Gasteiger partial charge on any atom is -0.342 e. The first kappa shape index (κ1) is 12.7.